The molecule has 0 saturated carbocycles. The van der Waals surface area contributed by atoms with Gasteiger partial charge in [0.1, 0.15) is 5.75 Å². The quantitative estimate of drug-likeness (QED) is 0.924. The van der Waals surface area contributed by atoms with Crippen LogP contribution in [0.5, 0.6) is 5.75 Å². The Hall–Kier alpha value is -2.18. The lowest BCUT2D eigenvalue weighted by Crippen LogP contribution is -2.47. The number of likely N-dealkylation sites (tertiary alicyclic amines) is 1. The number of benzene rings is 1. The van der Waals surface area contributed by atoms with E-state index in [9.17, 15) is 18.4 Å². The maximum absolute atomic E-state index is 13.1. The first kappa shape index (κ1) is 16.2. The first-order chi connectivity index (χ1) is 10.4. The van der Waals surface area contributed by atoms with Gasteiger partial charge >= 0.3 is 5.97 Å². The standard InChI is InChI=1S/C15H17F2NO4/c1-9(22-11-4-5-12(16)13(17)7-11)14(19)18-6-2-3-10(8-18)15(20)21/h4-5,7,9-10H,2-3,6,8H2,1H3,(H,20,21)/t9-,10+/m0/s1. The summed E-state index contributed by atoms with van der Waals surface area (Å²) >= 11 is 0. The minimum atomic E-state index is -1.05. The summed E-state index contributed by atoms with van der Waals surface area (Å²) in [5, 5.41) is 9.02. The molecule has 1 aromatic rings. The van der Waals surface area contributed by atoms with Crippen molar-refractivity contribution in [1.82, 2.24) is 4.90 Å². The van der Waals surface area contributed by atoms with Crippen LogP contribution in [0.3, 0.4) is 0 Å². The predicted octanol–water partition coefficient (Wildman–Crippen LogP) is 2.06. The van der Waals surface area contributed by atoms with Gasteiger partial charge in [0.2, 0.25) is 0 Å². The molecular weight excluding hydrogens is 296 g/mol. The monoisotopic (exact) mass is 313 g/mol. The molecule has 5 nitrogen and oxygen atoms in total. The molecular formula is C15H17F2NO4. The number of carbonyl (C=O) groups is 2. The summed E-state index contributed by atoms with van der Waals surface area (Å²) in [5.74, 6) is -3.87. The van der Waals surface area contributed by atoms with E-state index in [1.165, 1.54) is 17.9 Å². The Morgan fingerprint density at radius 3 is 2.73 bits per heavy atom. The van der Waals surface area contributed by atoms with E-state index >= 15 is 0 Å². The molecule has 0 spiro atoms. The number of carbonyl (C=O) groups excluding carboxylic acids is 1. The summed E-state index contributed by atoms with van der Waals surface area (Å²) in [7, 11) is 0. The third-order valence-corrected chi connectivity index (χ3v) is 3.63. The highest BCUT2D eigenvalue weighted by molar-refractivity contribution is 5.82. The lowest BCUT2D eigenvalue weighted by molar-refractivity contribution is -0.147. The molecule has 0 aliphatic carbocycles. The zero-order valence-electron chi connectivity index (χ0n) is 12.1. The normalized spacial score (nSPS) is 19.6. The zero-order valence-corrected chi connectivity index (χ0v) is 12.1. The molecule has 120 valence electrons. The van der Waals surface area contributed by atoms with Crippen LogP contribution in [0.25, 0.3) is 0 Å². The van der Waals surface area contributed by atoms with Gasteiger partial charge in [0.15, 0.2) is 17.7 Å². The van der Waals surface area contributed by atoms with E-state index in [-0.39, 0.29) is 18.2 Å². The Labute approximate surface area is 126 Å². The Morgan fingerprint density at radius 1 is 1.36 bits per heavy atom. The van der Waals surface area contributed by atoms with Crippen molar-refractivity contribution in [2.24, 2.45) is 5.92 Å². The van der Waals surface area contributed by atoms with Gasteiger partial charge in [0.25, 0.3) is 5.91 Å². The second-order valence-corrected chi connectivity index (χ2v) is 5.30. The second-order valence-electron chi connectivity index (χ2n) is 5.30. The molecule has 22 heavy (non-hydrogen) atoms. The molecule has 1 heterocycles. The zero-order chi connectivity index (χ0) is 16.3. The van der Waals surface area contributed by atoms with Gasteiger partial charge in [-0.25, -0.2) is 8.78 Å². The van der Waals surface area contributed by atoms with Gasteiger partial charge < -0.3 is 14.7 Å². The minimum Gasteiger partial charge on any atom is -0.481 e. The van der Waals surface area contributed by atoms with Gasteiger partial charge in [-0.05, 0) is 31.9 Å². The Balaban J connectivity index is 1.99. The van der Waals surface area contributed by atoms with Crippen molar-refractivity contribution < 1.29 is 28.2 Å². The van der Waals surface area contributed by atoms with E-state index < -0.39 is 29.6 Å². The average molecular weight is 313 g/mol. The SMILES string of the molecule is C[C@H](Oc1ccc(F)c(F)c1)C(=O)N1CCC[C@@H](C(=O)O)C1. The molecule has 0 bridgehead atoms. The number of carboxylic acids is 1. The number of piperidine rings is 1. The molecule has 1 saturated heterocycles. The second kappa shape index (κ2) is 6.72. The highest BCUT2D eigenvalue weighted by Gasteiger charge is 2.31. The summed E-state index contributed by atoms with van der Waals surface area (Å²) in [5.41, 5.74) is 0. The number of nitrogens with zero attached hydrogens (tertiary/aromatic N) is 1. The highest BCUT2D eigenvalue weighted by atomic mass is 19.2. The summed E-state index contributed by atoms with van der Waals surface area (Å²) < 4.78 is 31.3. The number of halogens is 2. The number of hydrogen-bond donors (Lipinski definition) is 1. The third-order valence-electron chi connectivity index (χ3n) is 3.63. The first-order valence-electron chi connectivity index (χ1n) is 7.01. The van der Waals surface area contributed by atoms with Crippen molar-refractivity contribution in [1.29, 1.82) is 0 Å². The lowest BCUT2D eigenvalue weighted by atomic mass is 9.98. The van der Waals surface area contributed by atoms with Gasteiger partial charge in [-0.3, -0.25) is 9.59 Å². The summed E-state index contributed by atoms with van der Waals surface area (Å²) in [4.78, 5) is 24.7. The van der Waals surface area contributed by atoms with Gasteiger partial charge in [0, 0.05) is 19.2 Å². The van der Waals surface area contributed by atoms with Crippen LogP contribution in [0.2, 0.25) is 0 Å². The summed E-state index contributed by atoms with van der Waals surface area (Å²) in [6.45, 7) is 2.10. The fraction of sp³-hybridized carbons (Fsp3) is 0.467. The molecule has 1 aliphatic rings. The molecule has 0 aromatic heterocycles. The number of ether oxygens (including phenoxy) is 1. The van der Waals surface area contributed by atoms with Gasteiger partial charge in [0.05, 0.1) is 5.92 Å². The molecule has 0 unspecified atom stereocenters. The number of aliphatic carboxylic acids is 1. The molecule has 1 aromatic carbocycles. The van der Waals surface area contributed by atoms with Crippen LogP contribution in [0.1, 0.15) is 19.8 Å². The van der Waals surface area contributed by atoms with Gasteiger partial charge in [-0.15, -0.1) is 0 Å². The molecule has 1 amide bonds. The summed E-state index contributed by atoms with van der Waals surface area (Å²) in [6.07, 6.45) is 0.246. The Morgan fingerprint density at radius 2 is 2.09 bits per heavy atom. The van der Waals surface area contributed by atoms with Crippen LogP contribution in [0.4, 0.5) is 8.78 Å². The Bertz CT molecular complexity index is 579. The Kier molecular flexibility index (Phi) is 4.95. The van der Waals surface area contributed by atoms with Crippen LogP contribution in [-0.4, -0.2) is 41.1 Å². The van der Waals surface area contributed by atoms with E-state index in [2.05, 4.69) is 0 Å². The van der Waals surface area contributed by atoms with Crippen molar-refractivity contribution in [2.45, 2.75) is 25.9 Å². The van der Waals surface area contributed by atoms with E-state index in [1.54, 1.807) is 0 Å². The number of carboxylic acid groups (broad SMARTS) is 1. The number of rotatable bonds is 4. The molecule has 2 atom stereocenters. The van der Waals surface area contributed by atoms with Crippen LogP contribution >= 0.6 is 0 Å². The highest BCUT2D eigenvalue weighted by Crippen LogP contribution is 2.20. The maximum atomic E-state index is 13.1. The molecule has 2 rings (SSSR count). The van der Waals surface area contributed by atoms with Gasteiger partial charge in [-0.2, -0.15) is 0 Å². The minimum absolute atomic E-state index is 0.0477. The smallest absolute Gasteiger partial charge is 0.308 e. The van der Waals surface area contributed by atoms with Crippen molar-refractivity contribution >= 4 is 11.9 Å². The molecule has 1 N–H and O–H groups in total. The molecule has 1 fully saturated rings. The lowest BCUT2D eigenvalue weighted by Gasteiger charge is -2.32. The summed E-state index contributed by atoms with van der Waals surface area (Å²) in [6, 6.07) is 3.02. The molecule has 7 heteroatoms. The van der Waals surface area contributed by atoms with Crippen LogP contribution in [0.15, 0.2) is 18.2 Å². The predicted molar refractivity (Wildman–Crippen MR) is 73.4 cm³/mol. The third kappa shape index (κ3) is 3.72. The van der Waals surface area contributed by atoms with E-state index in [0.29, 0.717) is 19.4 Å². The van der Waals surface area contributed by atoms with E-state index in [0.717, 1.165) is 12.1 Å². The molecule has 0 radical (unpaired) electrons. The van der Waals surface area contributed by atoms with E-state index in [1.807, 2.05) is 0 Å². The van der Waals surface area contributed by atoms with Crippen LogP contribution in [-0.2, 0) is 9.59 Å². The van der Waals surface area contributed by atoms with Crippen molar-refractivity contribution in [3.8, 4) is 5.75 Å². The number of amides is 1. The van der Waals surface area contributed by atoms with Crippen LogP contribution in [0, 0.1) is 17.6 Å². The fourth-order valence-electron chi connectivity index (χ4n) is 2.44. The number of hydrogen-bond acceptors (Lipinski definition) is 3. The largest absolute Gasteiger partial charge is 0.481 e. The van der Waals surface area contributed by atoms with Crippen molar-refractivity contribution in [3.05, 3.63) is 29.8 Å². The van der Waals surface area contributed by atoms with E-state index in [4.69, 9.17) is 9.84 Å². The molecule has 1 aliphatic heterocycles. The van der Waals surface area contributed by atoms with Crippen molar-refractivity contribution in [3.63, 3.8) is 0 Å². The first-order valence-corrected chi connectivity index (χ1v) is 7.01. The maximum Gasteiger partial charge on any atom is 0.308 e. The van der Waals surface area contributed by atoms with Gasteiger partial charge in [-0.1, -0.05) is 0 Å². The average Bonchev–Trinajstić information content (AvgIpc) is 2.50. The topological polar surface area (TPSA) is 66.8 Å². The van der Waals surface area contributed by atoms with Crippen molar-refractivity contribution in [2.75, 3.05) is 13.1 Å². The fourth-order valence-corrected chi connectivity index (χ4v) is 2.44. The van der Waals surface area contributed by atoms with Crippen LogP contribution < -0.4 is 4.74 Å².